The fourth-order valence-electron chi connectivity index (χ4n) is 1.59. The summed E-state index contributed by atoms with van der Waals surface area (Å²) in [5, 5.41) is 16.0. The Labute approximate surface area is 125 Å². The summed E-state index contributed by atoms with van der Waals surface area (Å²) in [5.74, 6) is 0. The van der Waals surface area contributed by atoms with Gasteiger partial charge >= 0.3 is 0 Å². The minimum atomic E-state index is -0.0568. The van der Waals surface area contributed by atoms with Crippen LogP contribution in [0.5, 0.6) is 0 Å². The molecule has 2 N–H and O–H groups in total. The summed E-state index contributed by atoms with van der Waals surface area (Å²) in [6, 6.07) is 8.48. The minimum absolute atomic E-state index is 0.0568. The van der Waals surface area contributed by atoms with E-state index in [2.05, 4.69) is 51.1 Å². The van der Waals surface area contributed by atoms with E-state index in [0.717, 1.165) is 26.4 Å². The van der Waals surface area contributed by atoms with E-state index >= 15 is 0 Å². The van der Waals surface area contributed by atoms with E-state index in [1.807, 2.05) is 13.8 Å². The number of benzene rings is 1. The molecule has 2 rings (SSSR count). The van der Waals surface area contributed by atoms with Crippen molar-refractivity contribution in [2.24, 2.45) is 0 Å². The molecule has 2 nitrogen and oxygen atoms in total. The summed E-state index contributed by atoms with van der Waals surface area (Å²) in [7, 11) is 1.00. The lowest BCUT2D eigenvalue weighted by molar-refractivity contribution is 0.162. The summed E-state index contributed by atoms with van der Waals surface area (Å²) in [5.41, 5.74) is 4.08. The summed E-state index contributed by atoms with van der Waals surface area (Å²) in [6.45, 7) is 10.3. The van der Waals surface area contributed by atoms with Crippen LogP contribution in [-0.2, 0) is 0 Å². The Morgan fingerprint density at radius 1 is 0.900 bits per heavy atom. The van der Waals surface area contributed by atoms with E-state index in [9.17, 15) is 0 Å². The molecular formula is C18H32O2. The van der Waals surface area contributed by atoms with E-state index in [-0.39, 0.29) is 6.10 Å². The highest BCUT2D eigenvalue weighted by Crippen LogP contribution is 2.16. The molecule has 1 aromatic rings. The molecule has 20 heavy (non-hydrogen) atoms. The van der Waals surface area contributed by atoms with Gasteiger partial charge in [0.25, 0.3) is 0 Å². The third-order valence-corrected chi connectivity index (χ3v) is 2.83. The molecule has 0 bridgehead atoms. The first-order valence-electron chi connectivity index (χ1n) is 7.39. The van der Waals surface area contributed by atoms with E-state index in [0.29, 0.717) is 0 Å². The first-order chi connectivity index (χ1) is 9.58. The Morgan fingerprint density at radius 3 is 1.55 bits per heavy atom. The predicted molar refractivity (Wildman–Crippen MR) is 89.0 cm³/mol. The second-order valence-electron chi connectivity index (χ2n) is 4.63. The summed E-state index contributed by atoms with van der Waals surface area (Å²) in [4.78, 5) is 0. The van der Waals surface area contributed by atoms with Crippen molar-refractivity contribution in [2.45, 2.75) is 60.0 Å². The third-order valence-electron chi connectivity index (χ3n) is 2.83. The zero-order valence-corrected chi connectivity index (χ0v) is 14.0. The van der Waals surface area contributed by atoms with Crippen molar-refractivity contribution in [1.82, 2.24) is 0 Å². The molecular weight excluding hydrogens is 248 g/mol. The lowest BCUT2D eigenvalue weighted by Gasteiger charge is -2.13. The fraction of sp³-hybridized carbons (Fsp3) is 0.556. The van der Waals surface area contributed by atoms with Crippen LogP contribution in [-0.4, -0.2) is 23.4 Å². The Morgan fingerprint density at radius 2 is 1.30 bits per heavy atom. The normalized spacial score (nSPS) is 16.2. The van der Waals surface area contributed by atoms with Gasteiger partial charge in [0.1, 0.15) is 0 Å². The van der Waals surface area contributed by atoms with Gasteiger partial charge in [0, 0.05) is 7.11 Å². The van der Waals surface area contributed by atoms with Crippen LogP contribution >= 0.6 is 0 Å². The molecule has 1 aliphatic carbocycles. The molecule has 0 aromatic heterocycles. The summed E-state index contributed by atoms with van der Waals surface area (Å²) < 4.78 is 0. The standard InChI is InChI=1S/C8H10.C7H12O.C2H6.CH4O/c1-7-3-5-8(2)6-4-7;1-6-2-4-7(8)5-3-6;2*1-2/h3-6H,1-2H3;2,7-8H,3-5H2,1H3;1-2H3;2H,1H3. The molecule has 1 aliphatic rings. The Balaban J connectivity index is 0. The number of rotatable bonds is 0. The molecule has 0 saturated carbocycles. The largest absolute Gasteiger partial charge is 0.400 e. The zero-order chi connectivity index (χ0) is 16.0. The van der Waals surface area contributed by atoms with Gasteiger partial charge in [-0.2, -0.15) is 0 Å². The zero-order valence-electron chi connectivity index (χ0n) is 14.0. The topological polar surface area (TPSA) is 40.5 Å². The van der Waals surface area contributed by atoms with Gasteiger partial charge < -0.3 is 10.2 Å². The molecule has 0 spiro atoms. The SMILES string of the molecule is CC.CC1=CCC(O)CC1.CO.Cc1ccc(C)cc1. The van der Waals surface area contributed by atoms with Crippen LogP contribution in [0.15, 0.2) is 35.9 Å². The number of aliphatic hydroxyl groups is 2. The Bertz CT molecular complexity index is 318. The van der Waals surface area contributed by atoms with Gasteiger partial charge in [0.05, 0.1) is 6.10 Å². The van der Waals surface area contributed by atoms with Gasteiger partial charge in [0.2, 0.25) is 0 Å². The van der Waals surface area contributed by atoms with Crippen molar-refractivity contribution in [3.63, 3.8) is 0 Å². The molecule has 0 aliphatic heterocycles. The average Bonchev–Trinajstić information content (AvgIpc) is 2.50. The van der Waals surface area contributed by atoms with Crippen LogP contribution in [0.1, 0.15) is 51.2 Å². The smallest absolute Gasteiger partial charge is 0.0577 e. The van der Waals surface area contributed by atoms with Crippen LogP contribution in [0.4, 0.5) is 0 Å². The van der Waals surface area contributed by atoms with E-state index < -0.39 is 0 Å². The van der Waals surface area contributed by atoms with Crippen LogP contribution in [0, 0.1) is 13.8 Å². The highest BCUT2D eigenvalue weighted by atomic mass is 16.3. The second-order valence-corrected chi connectivity index (χ2v) is 4.63. The molecule has 0 amide bonds. The maximum atomic E-state index is 8.98. The van der Waals surface area contributed by atoms with Crippen molar-refractivity contribution in [1.29, 1.82) is 0 Å². The highest BCUT2D eigenvalue weighted by Gasteiger charge is 2.06. The van der Waals surface area contributed by atoms with Gasteiger partial charge in [-0.1, -0.05) is 60.9 Å². The summed E-state index contributed by atoms with van der Waals surface area (Å²) in [6.07, 6.45) is 4.97. The first kappa shape index (κ1) is 21.2. The minimum Gasteiger partial charge on any atom is -0.400 e. The van der Waals surface area contributed by atoms with Crippen LogP contribution in [0.25, 0.3) is 0 Å². The molecule has 0 radical (unpaired) electrons. The lowest BCUT2D eigenvalue weighted by atomic mass is 9.99. The van der Waals surface area contributed by atoms with E-state index in [1.54, 1.807) is 0 Å². The van der Waals surface area contributed by atoms with Gasteiger partial charge in [-0.3, -0.25) is 0 Å². The Hall–Kier alpha value is -1.12. The number of hydrogen-bond donors (Lipinski definition) is 2. The van der Waals surface area contributed by atoms with Crippen LogP contribution < -0.4 is 0 Å². The van der Waals surface area contributed by atoms with E-state index in [1.165, 1.54) is 16.7 Å². The molecule has 0 heterocycles. The van der Waals surface area contributed by atoms with Gasteiger partial charge in [0.15, 0.2) is 0 Å². The Kier molecular flexibility index (Phi) is 15.1. The predicted octanol–water partition coefficient (Wildman–Crippen LogP) is 4.42. The van der Waals surface area contributed by atoms with Gasteiger partial charge in [-0.15, -0.1) is 0 Å². The molecule has 1 atom stereocenters. The van der Waals surface area contributed by atoms with Gasteiger partial charge in [-0.05, 0) is 40.0 Å². The first-order valence-corrected chi connectivity index (χ1v) is 7.39. The van der Waals surface area contributed by atoms with Crippen molar-refractivity contribution < 1.29 is 10.2 Å². The third kappa shape index (κ3) is 11.9. The number of allylic oxidation sites excluding steroid dienone is 1. The van der Waals surface area contributed by atoms with Crippen molar-refractivity contribution in [2.75, 3.05) is 7.11 Å². The quantitative estimate of drug-likeness (QED) is 0.691. The monoisotopic (exact) mass is 280 g/mol. The van der Waals surface area contributed by atoms with Crippen molar-refractivity contribution in [3.8, 4) is 0 Å². The number of aryl methyl sites for hydroxylation is 2. The van der Waals surface area contributed by atoms with Crippen molar-refractivity contribution in [3.05, 3.63) is 47.0 Å². The highest BCUT2D eigenvalue weighted by molar-refractivity contribution is 5.19. The molecule has 1 unspecified atom stereocenters. The maximum Gasteiger partial charge on any atom is 0.0577 e. The summed E-state index contributed by atoms with van der Waals surface area (Å²) >= 11 is 0. The molecule has 2 heteroatoms. The average molecular weight is 280 g/mol. The molecule has 1 aromatic carbocycles. The van der Waals surface area contributed by atoms with E-state index in [4.69, 9.17) is 10.2 Å². The van der Waals surface area contributed by atoms with Crippen LogP contribution in [0.3, 0.4) is 0 Å². The molecule has 116 valence electrons. The molecule has 0 fully saturated rings. The fourth-order valence-corrected chi connectivity index (χ4v) is 1.59. The second kappa shape index (κ2) is 14.3. The van der Waals surface area contributed by atoms with Crippen molar-refractivity contribution >= 4 is 0 Å². The lowest BCUT2D eigenvalue weighted by Crippen LogP contribution is -2.08. The van der Waals surface area contributed by atoms with Crippen LogP contribution in [0.2, 0.25) is 0 Å². The molecule has 0 saturated heterocycles. The van der Waals surface area contributed by atoms with Gasteiger partial charge in [-0.25, -0.2) is 0 Å². The number of hydrogen-bond acceptors (Lipinski definition) is 2. The number of aliphatic hydroxyl groups excluding tert-OH is 2. The maximum absolute atomic E-state index is 8.98.